The molecular formula is C11H16O6. The molecule has 0 aromatic rings. The zero-order valence-corrected chi connectivity index (χ0v) is 10.0. The van der Waals surface area contributed by atoms with Crippen LogP contribution in [-0.2, 0) is 23.9 Å². The number of aliphatic carboxylic acids is 1. The molecule has 0 spiro atoms. The fraction of sp³-hybridized carbons (Fsp3) is 0.545. The Bertz CT molecular complexity index is 318. The SMILES string of the molecule is CC(C)COC(=O)C(C)OC(=O)/C=C/C(=O)O. The van der Waals surface area contributed by atoms with Gasteiger partial charge >= 0.3 is 17.9 Å². The smallest absolute Gasteiger partial charge is 0.347 e. The second-order valence-corrected chi connectivity index (χ2v) is 3.77. The van der Waals surface area contributed by atoms with Crippen molar-refractivity contribution >= 4 is 17.9 Å². The van der Waals surface area contributed by atoms with E-state index in [-0.39, 0.29) is 12.5 Å². The Morgan fingerprint density at radius 3 is 2.24 bits per heavy atom. The van der Waals surface area contributed by atoms with Gasteiger partial charge in [-0.1, -0.05) is 13.8 Å². The molecule has 1 unspecified atom stereocenters. The molecule has 0 saturated carbocycles. The van der Waals surface area contributed by atoms with E-state index in [2.05, 4.69) is 4.74 Å². The Kier molecular flexibility index (Phi) is 6.62. The Hall–Kier alpha value is -1.85. The first-order valence-corrected chi connectivity index (χ1v) is 5.11. The summed E-state index contributed by atoms with van der Waals surface area (Å²) in [6.45, 7) is 5.35. The maximum Gasteiger partial charge on any atom is 0.347 e. The predicted octanol–water partition coefficient (Wildman–Crippen LogP) is 0.758. The van der Waals surface area contributed by atoms with Crippen molar-refractivity contribution in [2.75, 3.05) is 6.61 Å². The van der Waals surface area contributed by atoms with Crippen LogP contribution in [0.5, 0.6) is 0 Å². The van der Waals surface area contributed by atoms with E-state index in [9.17, 15) is 14.4 Å². The monoisotopic (exact) mass is 244 g/mol. The first-order valence-electron chi connectivity index (χ1n) is 5.11. The second-order valence-electron chi connectivity index (χ2n) is 3.77. The molecule has 0 heterocycles. The van der Waals surface area contributed by atoms with Crippen LogP contribution in [0.4, 0.5) is 0 Å². The molecule has 0 radical (unpaired) electrons. The fourth-order valence-corrected chi connectivity index (χ4v) is 0.767. The highest BCUT2D eigenvalue weighted by atomic mass is 16.6. The highest BCUT2D eigenvalue weighted by molar-refractivity contribution is 5.91. The zero-order chi connectivity index (χ0) is 13.4. The quantitative estimate of drug-likeness (QED) is 0.548. The van der Waals surface area contributed by atoms with Gasteiger partial charge in [0.25, 0.3) is 0 Å². The van der Waals surface area contributed by atoms with Gasteiger partial charge in [-0.15, -0.1) is 0 Å². The Morgan fingerprint density at radius 2 is 1.76 bits per heavy atom. The van der Waals surface area contributed by atoms with E-state index in [0.29, 0.717) is 6.08 Å². The molecule has 0 aliphatic heterocycles. The van der Waals surface area contributed by atoms with Crippen LogP contribution in [0.2, 0.25) is 0 Å². The standard InChI is InChI=1S/C11H16O6/c1-7(2)6-16-11(15)8(3)17-10(14)5-4-9(12)13/h4-5,7-8H,6H2,1-3H3,(H,12,13)/b5-4+. The van der Waals surface area contributed by atoms with Crippen molar-refractivity contribution in [1.29, 1.82) is 0 Å². The fourth-order valence-electron chi connectivity index (χ4n) is 0.767. The van der Waals surface area contributed by atoms with Gasteiger partial charge in [-0.3, -0.25) is 0 Å². The van der Waals surface area contributed by atoms with Crippen molar-refractivity contribution in [3.8, 4) is 0 Å². The van der Waals surface area contributed by atoms with Crippen LogP contribution in [0.25, 0.3) is 0 Å². The number of carbonyl (C=O) groups is 3. The first-order chi connectivity index (χ1) is 7.82. The minimum atomic E-state index is -1.27. The molecule has 0 aromatic heterocycles. The Morgan fingerprint density at radius 1 is 1.18 bits per heavy atom. The normalized spacial score (nSPS) is 12.5. The van der Waals surface area contributed by atoms with Crippen molar-refractivity contribution in [3.05, 3.63) is 12.2 Å². The van der Waals surface area contributed by atoms with Crippen molar-refractivity contribution < 1.29 is 29.0 Å². The molecule has 0 bridgehead atoms. The lowest BCUT2D eigenvalue weighted by Crippen LogP contribution is -2.26. The van der Waals surface area contributed by atoms with Crippen LogP contribution in [0, 0.1) is 5.92 Å². The molecule has 1 atom stereocenters. The summed E-state index contributed by atoms with van der Waals surface area (Å²) < 4.78 is 9.47. The number of hydrogen-bond acceptors (Lipinski definition) is 5. The lowest BCUT2D eigenvalue weighted by Gasteiger charge is -2.12. The van der Waals surface area contributed by atoms with Crippen molar-refractivity contribution in [1.82, 2.24) is 0 Å². The third kappa shape index (κ3) is 8.01. The van der Waals surface area contributed by atoms with E-state index >= 15 is 0 Å². The van der Waals surface area contributed by atoms with Crippen LogP contribution in [0.3, 0.4) is 0 Å². The molecule has 0 saturated heterocycles. The highest BCUT2D eigenvalue weighted by Crippen LogP contribution is 1.99. The average Bonchev–Trinajstić information content (AvgIpc) is 2.22. The number of carbonyl (C=O) groups excluding carboxylic acids is 2. The van der Waals surface area contributed by atoms with Crippen LogP contribution in [-0.4, -0.2) is 35.7 Å². The summed E-state index contributed by atoms with van der Waals surface area (Å²) in [5.74, 6) is -2.64. The van der Waals surface area contributed by atoms with Gasteiger partial charge in [0.05, 0.1) is 6.61 Å². The predicted molar refractivity (Wildman–Crippen MR) is 58.1 cm³/mol. The summed E-state index contributed by atoms with van der Waals surface area (Å²) in [5.41, 5.74) is 0. The number of ether oxygens (including phenoxy) is 2. The third-order valence-electron chi connectivity index (χ3n) is 1.55. The summed E-state index contributed by atoms with van der Waals surface area (Å²) >= 11 is 0. The number of carboxylic acids is 1. The van der Waals surface area contributed by atoms with E-state index in [0.717, 1.165) is 6.08 Å². The molecular weight excluding hydrogens is 228 g/mol. The summed E-state index contributed by atoms with van der Waals surface area (Å²) in [4.78, 5) is 32.4. The van der Waals surface area contributed by atoms with Gasteiger partial charge in [0, 0.05) is 12.2 Å². The van der Waals surface area contributed by atoms with E-state index < -0.39 is 24.0 Å². The molecule has 96 valence electrons. The molecule has 1 N–H and O–H groups in total. The average molecular weight is 244 g/mol. The van der Waals surface area contributed by atoms with Gasteiger partial charge in [0.15, 0.2) is 6.10 Å². The summed E-state index contributed by atoms with van der Waals surface area (Å²) in [6.07, 6.45) is 0.308. The molecule has 0 fully saturated rings. The Labute approximate surface area is 99.2 Å². The molecule has 0 aliphatic carbocycles. The van der Waals surface area contributed by atoms with Crippen molar-refractivity contribution in [2.24, 2.45) is 5.92 Å². The number of rotatable bonds is 6. The van der Waals surface area contributed by atoms with E-state index in [4.69, 9.17) is 9.84 Å². The van der Waals surface area contributed by atoms with Gasteiger partial charge in [-0.25, -0.2) is 14.4 Å². The molecule has 0 aliphatic rings. The topological polar surface area (TPSA) is 89.9 Å². The lowest BCUT2D eigenvalue weighted by atomic mass is 10.2. The molecule has 0 amide bonds. The minimum absolute atomic E-state index is 0.189. The van der Waals surface area contributed by atoms with Crippen LogP contribution in [0.15, 0.2) is 12.2 Å². The van der Waals surface area contributed by atoms with Gasteiger partial charge < -0.3 is 14.6 Å². The summed E-state index contributed by atoms with van der Waals surface area (Å²) in [5, 5.41) is 8.26. The van der Waals surface area contributed by atoms with Crippen LogP contribution in [0.1, 0.15) is 20.8 Å². The second kappa shape index (κ2) is 7.43. The third-order valence-corrected chi connectivity index (χ3v) is 1.55. The summed E-state index contributed by atoms with van der Waals surface area (Å²) in [6, 6.07) is 0. The number of hydrogen-bond donors (Lipinski definition) is 1. The van der Waals surface area contributed by atoms with Crippen LogP contribution >= 0.6 is 0 Å². The van der Waals surface area contributed by atoms with Crippen LogP contribution < -0.4 is 0 Å². The molecule has 17 heavy (non-hydrogen) atoms. The zero-order valence-electron chi connectivity index (χ0n) is 10.0. The maximum absolute atomic E-state index is 11.3. The number of carboxylic acid groups (broad SMARTS) is 1. The van der Waals surface area contributed by atoms with Gasteiger partial charge in [-0.05, 0) is 12.8 Å². The van der Waals surface area contributed by atoms with Crippen molar-refractivity contribution in [2.45, 2.75) is 26.9 Å². The minimum Gasteiger partial charge on any atom is -0.478 e. The molecule has 0 aromatic carbocycles. The van der Waals surface area contributed by atoms with Gasteiger partial charge in [0.1, 0.15) is 0 Å². The number of esters is 2. The first kappa shape index (κ1) is 15.2. The van der Waals surface area contributed by atoms with Gasteiger partial charge in [-0.2, -0.15) is 0 Å². The van der Waals surface area contributed by atoms with E-state index in [1.807, 2.05) is 13.8 Å². The maximum atomic E-state index is 11.3. The van der Waals surface area contributed by atoms with Crippen molar-refractivity contribution in [3.63, 3.8) is 0 Å². The Balaban J connectivity index is 4.07. The largest absolute Gasteiger partial charge is 0.478 e. The van der Waals surface area contributed by atoms with Gasteiger partial charge in [0.2, 0.25) is 0 Å². The summed E-state index contributed by atoms with van der Waals surface area (Å²) in [7, 11) is 0. The lowest BCUT2D eigenvalue weighted by molar-refractivity contribution is -0.164. The van der Waals surface area contributed by atoms with E-state index in [1.165, 1.54) is 6.92 Å². The highest BCUT2D eigenvalue weighted by Gasteiger charge is 2.18. The van der Waals surface area contributed by atoms with E-state index in [1.54, 1.807) is 0 Å². The molecule has 6 heteroatoms. The molecule has 0 rings (SSSR count). The molecule has 6 nitrogen and oxygen atoms in total.